The van der Waals surface area contributed by atoms with Gasteiger partial charge in [-0.25, -0.2) is 4.79 Å². The zero-order valence-electron chi connectivity index (χ0n) is 15.2. The summed E-state index contributed by atoms with van der Waals surface area (Å²) in [6.45, 7) is 5.58. The van der Waals surface area contributed by atoms with E-state index < -0.39 is 22.2 Å². The van der Waals surface area contributed by atoms with Crippen molar-refractivity contribution in [3.63, 3.8) is 0 Å². The lowest BCUT2D eigenvalue weighted by molar-refractivity contribution is 0.208. The third-order valence-corrected chi connectivity index (χ3v) is 5.02. The van der Waals surface area contributed by atoms with Crippen LogP contribution in [0.2, 0.25) is 0 Å². The van der Waals surface area contributed by atoms with E-state index >= 15 is 0 Å². The molecule has 27 heavy (non-hydrogen) atoms. The molecule has 2 N–H and O–H groups in total. The normalized spacial score (nSPS) is 13.2. The molecular formula is C19H20N4O3S. The zero-order valence-corrected chi connectivity index (χ0v) is 16.1. The van der Waals surface area contributed by atoms with Crippen molar-refractivity contribution in [2.75, 3.05) is 0 Å². The minimum atomic E-state index is -1.35. The highest BCUT2D eigenvalue weighted by molar-refractivity contribution is 7.91. The van der Waals surface area contributed by atoms with Crippen LogP contribution in [0, 0.1) is 0 Å². The molecule has 1 unspecified atom stereocenters. The molecule has 7 nitrogen and oxygen atoms in total. The maximum Gasteiger partial charge on any atom is 0.411 e. The fourth-order valence-electron chi connectivity index (χ4n) is 2.36. The van der Waals surface area contributed by atoms with E-state index in [1.807, 2.05) is 51.1 Å². The summed E-state index contributed by atoms with van der Waals surface area (Å²) >= 11 is -1.35. The van der Waals surface area contributed by atoms with Gasteiger partial charge in [-0.1, -0.05) is 28.7 Å². The molecule has 0 aliphatic heterocycles. The van der Waals surface area contributed by atoms with E-state index in [9.17, 15) is 9.35 Å². The Labute approximate surface area is 160 Å². The number of amides is 1. The van der Waals surface area contributed by atoms with Crippen LogP contribution < -0.4 is 10.5 Å². The number of primary amides is 1. The molecule has 140 valence electrons. The zero-order chi connectivity index (χ0) is 19.6. The number of nitrogens with zero attached hydrogens (tertiary/aromatic N) is 3. The number of rotatable bonds is 4. The lowest BCUT2D eigenvalue weighted by atomic mass is 10.2. The number of hydrogen-bond donors (Lipinski definition) is 1. The molecule has 0 spiro atoms. The van der Waals surface area contributed by atoms with Crippen molar-refractivity contribution >= 4 is 34.6 Å². The van der Waals surface area contributed by atoms with Gasteiger partial charge in [0.05, 0.1) is 22.8 Å². The van der Waals surface area contributed by atoms with Crippen molar-refractivity contribution in [3.05, 3.63) is 54.1 Å². The van der Waals surface area contributed by atoms with Crippen LogP contribution in [0.5, 0.6) is 5.88 Å². The summed E-state index contributed by atoms with van der Waals surface area (Å²) in [6.07, 6.45) is 0.636. The van der Waals surface area contributed by atoms with Crippen LogP contribution in [0.3, 0.4) is 0 Å². The molecule has 1 aromatic heterocycles. The summed E-state index contributed by atoms with van der Waals surface area (Å²) in [4.78, 5) is 11.3. The second-order valence-corrected chi connectivity index (χ2v) is 8.78. The SMILES string of the molecule is CC(C)(C)[S+]([O-])N=Cc1ccc2c(OC(N)=O)n(-c3ccccc3)nc2c1. The molecule has 0 bridgehead atoms. The van der Waals surface area contributed by atoms with Gasteiger partial charge >= 0.3 is 6.09 Å². The Hall–Kier alpha value is -2.84. The lowest BCUT2D eigenvalue weighted by Gasteiger charge is -2.17. The van der Waals surface area contributed by atoms with E-state index in [2.05, 4.69) is 9.50 Å². The number of ether oxygens (including phenoxy) is 1. The third kappa shape index (κ3) is 4.29. The molecule has 3 aromatic rings. The third-order valence-electron chi connectivity index (χ3n) is 3.67. The van der Waals surface area contributed by atoms with Crippen molar-refractivity contribution in [1.29, 1.82) is 0 Å². The summed E-state index contributed by atoms with van der Waals surface area (Å²) in [6, 6.07) is 14.6. The summed E-state index contributed by atoms with van der Waals surface area (Å²) in [5, 5.41) is 5.15. The Morgan fingerprint density at radius 3 is 2.59 bits per heavy atom. The van der Waals surface area contributed by atoms with Crippen molar-refractivity contribution in [1.82, 2.24) is 9.78 Å². The van der Waals surface area contributed by atoms with E-state index in [0.717, 1.165) is 11.3 Å². The summed E-state index contributed by atoms with van der Waals surface area (Å²) < 4.78 is 22.5. The first-order chi connectivity index (χ1) is 12.8. The van der Waals surface area contributed by atoms with Gasteiger partial charge in [0.2, 0.25) is 5.88 Å². The first-order valence-electron chi connectivity index (χ1n) is 8.27. The van der Waals surface area contributed by atoms with Crippen LogP contribution in [0.1, 0.15) is 26.3 Å². The fraction of sp³-hybridized carbons (Fsp3) is 0.211. The maximum absolute atomic E-state index is 12.1. The van der Waals surface area contributed by atoms with Crippen LogP contribution in [-0.2, 0) is 11.4 Å². The van der Waals surface area contributed by atoms with Crippen molar-refractivity contribution in [2.24, 2.45) is 10.1 Å². The Balaban J connectivity index is 2.05. The number of para-hydroxylation sites is 1. The Morgan fingerprint density at radius 2 is 1.96 bits per heavy atom. The molecule has 0 saturated heterocycles. The van der Waals surface area contributed by atoms with Crippen LogP contribution in [0.25, 0.3) is 16.6 Å². The summed E-state index contributed by atoms with van der Waals surface area (Å²) in [5.74, 6) is 0.241. The first-order valence-corrected chi connectivity index (χ1v) is 9.38. The molecule has 3 rings (SSSR count). The molecule has 1 heterocycles. The molecule has 0 aliphatic rings. The molecule has 8 heteroatoms. The standard InChI is InChI=1S/C19H20N4O3S/c1-19(2,3)27(25)21-12-13-9-10-15-16(11-13)22-23(17(15)26-18(20)24)14-7-5-4-6-8-14/h4-12H,1-3H3,(H2,20,24). The van der Waals surface area contributed by atoms with Crippen LogP contribution in [-0.4, -0.2) is 31.4 Å². The predicted octanol–water partition coefficient (Wildman–Crippen LogP) is 3.36. The number of nitrogens with two attached hydrogens (primary N) is 1. The van der Waals surface area contributed by atoms with Crippen LogP contribution in [0.4, 0.5) is 4.79 Å². The summed E-state index contributed by atoms with van der Waals surface area (Å²) in [5.41, 5.74) is 7.28. The number of carbonyl (C=O) groups excluding carboxylic acids is 1. The highest BCUT2D eigenvalue weighted by atomic mass is 32.2. The van der Waals surface area contributed by atoms with E-state index in [1.165, 1.54) is 4.68 Å². The van der Waals surface area contributed by atoms with Gasteiger partial charge in [-0.15, -0.1) is 0 Å². The quantitative estimate of drug-likeness (QED) is 0.550. The minimum absolute atomic E-state index is 0.241. The highest BCUT2D eigenvalue weighted by Gasteiger charge is 2.25. The Morgan fingerprint density at radius 1 is 1.26 bits per heavy atom. The summed E-state index contributed by atoms with van der Waals surface area (Å²) in [7, 11) is 0. The van der Waals surface area contributed by atoms with Crippen LogP contribution in [0.15, 0.2) is 52.9 Å². The second kappa shape index (κ2) is 7.42. The highest BCUT2D eigenvalue weighted by Crippen LogP contribution is 2.29. The predicted molar refractivity (Wildman–Crippen MR) is 107 cm³/mol. The topological polar surface area (TPSA) is 106 Å². The average Bonchev–Trinajstić information content (AvgIpc) is 2.96. The maximum atomic E-state index is 12.1. The number of hydrogen-bond acceptors (Lipinski definition) is 5. The second-order valence-electron chi connectivity index (χ2n) is 6.85. The monoisotopic (exact) mass is 384 g/mol. The molecular weight excluding hydrogens is 364 g/mol. The molecule has 2 aromatic carbocycles. The van der Waals surface area contributed by atoms with Crippen molar-refractivity contribution in [3.8, 4) is 11.6 Å². The van der Waals surface area contributed by atoms with Gasteiger partial charge < -0.3 is 15.0 Å². The van der Waals surface area contributed by atoms with Gasteiger partial charge in [-0.05, 0) is 50.6 Å². The smallest absolute Gasteiger partial charge is 0.411 e. The van der Waals surface area contributed by atoms with E-state index in [-0.39, 0.29) is 5.88 Å². The average molecular weight is 384 g/mol. The van der Waals surface area contributed by atoms with E-state index in [0.29, 0.717) is 10.9 Å². The van der Waals surface area contributed by atoms with Gasteiger partial charge in [-0.2, -0.15) is 9.78 Å². The molecule has 1 atom stereocenters. The largest absolute Gasteiger partial charge is 0.591 e. The van der Waals surface area contributed by atoms with Gasteiger partial charge in [0.15, 0.2) is 0 Å². The van der Waals surface area contributed by atoms with Gasteiger partial charge in [-0.3, -0.25) is 0 Å². The van der Waals surface area contributed by atoms with Gasteiger partial charge in [0.1, 0.15) is 16.1 Å². The molecule has 0 radical (unpaired) electrons. The molecule has 0 aliphatic carbocycles. The number of benzene rings is 2. The fourth-order valence-corrected chi connectivity index (χ4v) is 2.90. The Kier molecular flexibility index (Phi) is 5.20. The lowest BCUT2D eigenvalue weighted by Crippen LogP contribution is -2.25. The Bertz CT molecular complexity index is 993. The number of aromatic nitrogens is 2. The molecule has 1 amide bonds. The van der Waals surface area contributed by atoms with Crippen molar-refractivity contribution < 1.29 is 14.1 Å². The molecule has 0 fully saturated rings. The molecule has 0 saturated carbocycles. The van der Waals surface area contributed by atoms with E-state index in [1.54, 1.807) is 24.4 Å². The van der Waals surface area contributed by atoms with Crippen molar-refractivity contribution in [2.45, 2.75) is 25.5 Å². The van der Waals surface area contributed by atoms with Gasteiger partial charge in [0, 0.05) is 0 Å². The van der Waals surface area contributed by atoms with Gasteiger partial charge in [0.25, 0.3) is 0 Å². The van der Waals surface area contributed by atoms with E-state index in [4.69, 9.17) is 10.5 Å². The first kappa shape index (κ1) is 18.9. The minimum Gasteiger partial charge on any atom is -0.591 e. The van der Waals surface area contributed by atoms with Crippen LogP contribution >= 0.6 is 0 Å². The number of carbonyl (C=O) groups is 1. The number of fused-ring (bicyclic) bond motifs is 1.